The molecule has 0 saturated carbocycles. The van der Waals surface area contributed by atoms with Gasteiger partial charge in [-0.15, -0.1) is 0 Å². The van der Waals surface area contributed by atoms with Crippen molar-refractivity contribution in [2.24, 2.45) is 5.92 Å². The van der Waals surface area contributed by atoms with Crippen LogP contribution in [0, 0.1) is 5.92 Å². The molecule has 60 valence electrons. The number of aliphatic hydroxyl groups is 1. The normalized spacial score (nSPS) is 24.6. The third kappa shape index (κ3) is 1.96. The fraction of sp³-hybridized carbons (Fsp3) is 1.00. The predicted octanol–water partition coefficient (Wildman–Crippen LogP) is 0.757. The molecular formula is C8H17NO. The molecule has 1 heterocycles. The minimum absolute atomic E-state index is 0.0536. The van der Waals surface area contributed by atoms with Crippen LogP contribution >= 0.6 is 0 Å². The summed E-state index contributed by atoms with van der Waals surface area (Å²) in [5.74, 6) is 0.561. The van der Waals surface area contributed by atoms with E-state index >= 15 is 0 Å². The molecule has 0 aliphatic carbocycles. The zero-order chi connectivity index (χ0) is 7.40. The average Bonchev–Trinajstić information content (AvgIpc) is 2.05. The highest BCUT2D eigenvalue weighted by atomic mass is 16.3. The van der Waals surface area contributed by atoms with Crippen LogP contribution in [0.5, 0.6) is 0 Å². The summed E-state index contributed by atoms with van der Waals surface area (Å²) in [7, 11) is 0. The Bertz CT molecular complexity index is 89.3. The summed E-state index contributed by atoms with van der Waals surface area (Å²) < 4.78 is 0. The number of hydrogen-bond acceptors (Lipinski definition) is 2. The highest BCUT2D eigenvalue weighted by Crippen LogP contribution is 2.17. The number of piperidine rings is 1. The van der Waals surface area contributed by atoms with Crippen molar-refractivity contribution in [2.75, 3.05) is 13.1 Å². The van der Waals surface area contributed by atoms with E-state index in [4.69, 9.17) is 0 Å². The zero-order valence-corrected chi connectivity index (χ0v) is 6.64. The highest BCUT2D eigenvalue weighted by molar-refractivity contribution is 4.73. The zero-order valence-electron chi connectivity index (χ0n) is 6.64. The largest absolute Gasteiger partial charge is 0.393 e. The van der Waals surface area contributed by atoms with Gasteiger partial charge in [-0.3, -0.25) is 0 Å². The molecule has 2 heteroatoms. The van der Waals surface area contributed by atoms with E-state index in [9.17, 15) is 5.11 Å². The molecule has 1 rings (SSSR count). The van der Waals surface area contributed by atoms with Crippen LogP contribution in [-0.4, -0.2) is 24.3 Å². The summed E-state index contributed by atoms with van der Waals surface area (Å²) in [6, 6.07) is 0. The smallest absolute Gasteiger partial charge is 0.0566 e. The van der Waals surface area contributed by atoms with Crippen LogP contribution in [-0.2, 0) is 0 Å². The summed E-state index contributed by atoms with van der Waals surface area (Å²) in [6.07, 6.45) is 3.15. The van der Waals surface area contributed by atoms with Gasteiger partial charge in [-0.2, -0.15) is 0 Å². The summed E-state index contributed by atoms with van der Waals surface area (Å²) in [5, 5.41) is 12.7. The van der Waals surface area contributed by atoms with Crippen molar-refractivity contribution in [3.05, 3.63) is 0 Å². The first-order valence-corrected chi connectivity index (χ1v) is 4.23. The van der Waals surface area contributed by atoms with Crippen LogP contribution in [0.2, 0.25) is 0 Å². The molecule has 0 aromatic heterocycles. The van der Waals surface area contributed by atoms with Crippen LogP contribution in [0.15, 0.2) is 0 Å². The monoisotopic (exact) mass is 143 g/mol. The van der Waals surface area contributed by atoms with Gasteiger partial charge in [0.05, 0.1) is 6.10 Å². The number of nitrogens with one attached hydrogen (secondary N) is 1. The lowest BCUT2D eigenvalue weighted by atomic mass is 9.91. The standard InChI is InChI=1S/C8H17NO/c1-2-8(10)7-3-5-9-6-4-7/h7-10H,2-6H2,1H3/t8-/m1/s1. The molecule has 1 atom stereocenters. The maximum Gasteiger partial charge on any atom is 0.0566 e. The molecule has 0 amide bonds. The third-order valence-electron chi connectivity index (χ3n) is 2.35. The summed E-state index contributed by atoms with van der Waals surface area (Å²) in [5.41, 5.74) is 0. The van der Waals surface area contributed by atoms with Gasteiger partial charge in [0.1, 0.15) is 0 Å². The first-order valence-electron chi connectivity index (χ1n) is 4.23. The first-order chi connectivity index (χ1) is 4.84. The second-order valence-electron chi connectivity index (χ2n) is 3.06. The van der Waals surface area contributed by atoms with Crippen molar-refractivity contribution in [3.63, 3.8) is 0 Å². The molecule has 1 aliphatic heterocycles. The number of hydrogen-bond donors (Lipinski definition) is 2. The van der Waals surface area contributed by atoms with Crippen molar-refractivity contribution < 1.29 is 5.11 Å². The van der Waals surface area contributed by atoms with Gasteiger partial charge in [0, 0.05) is 0 Å². The van der Waals surface area contributed by atoms with E-state index in [1.807, 2.05) is 6.92 Å². The van der Waals surface area contributed by atoms with Gasteiger partial charge in [0.25, 0.3) is 0 Å². The lowest BCUT2D eigenvalue weighted by molar-refractivity contribution is 0.0855. The second-order valence-corrected chi connectivity index (χ2v) is 3.06. The first kappa shape index (κ1) is 8.02. The van der Waals surface area contributed by atoms with Crippen LogP contribution in [0.4, 0.5) is 0 Å². The lowest BCUT2D eigenvalue weighted by Crippen LogP contribution is -2.33. The molecule has 0 bridgehead atoms. The Labute approximate surface area is 62.6 Å². The lowest BCUT2D eigenvalue weighted by Gasteiger charge is -2.26. The molecule has 1 saturated heterocycles. The SMILES string of the molecule is CC[C@@H](O)C1CCNCC1. The molecule has 1 fully saturated rings. The van der Waals surface area contributed by atoms with Crippen LogP contribution in [0.1, 0.15) is 26.2 Å². The Balaban J connectivity index is 2.24. The molecule has 0 aromatic rings. The van der Waals surface area contributed by atoms with E-state index in [0.29, 0.717) is 5.92 Å². The van der Waals surface area contributed by atoms with Crippen LogP contribution in [0.25, 0.3) is 0 Å². The van der Waals surface area contributed by atoms with Crippen molar-refractivity contribution in [3.8, 4) is 0 Å². The Morgan fingerprint density at radius 3 is 2.60 bits per heavy atom. The van der Waals surface area contributed by atoms with E-state index in [1.54, 1.807) is 0 Å². The van der Waals surface area contributed by atoms with Crippen molar-refractivity contribution in [1.82, 2.24) is 5.32 Å². The van der Waals surface area contributed by atoms with E-state index in [1.165, 1.54) is 0 Å². The van der Waals surface area contributed by atoms with Gasteiger partial charge in [-0.1, -0.05) is 6.92 Å². The van der Waals surface area contributed by atoms with Gasteiger partial charge >= 0.3 is 0 Å². The van der Waals surface area contributed by atoms with Crippen molar-refractivity contribution in [2.45, 2.75) is 32.3 Å². The minimum atomic E-state index is -0.0536. The molecule has 2 N–H and O–H groups in total. The van der Waals surface area contributed by atoms with Gasteiger partial charge in [-0.05, 0) is 38.3 Å². The number of aliphatic hydroxyl groups excluding tert-OH is 1. The maximum absolute atomic E-state index is 9.45. The Morgan fingerprint density at radius 2 is 2.10 bits per heavy atom. The van der Waals surface area contributed by atoms with Gasteiger partial charge in [0.15, 0.2) is 0 Å². The van der Waals surface area contributed by atoms with Crippen molar-refractivity contribution in [1.29, 1.82) is 0 Å². The predicted molar refractivity (Wildman–Crippen MR) is 41.9 cm³/mol. The molecule has 2 nitrogen and oxygen atoms in total. The highest BCUT2D eigenvalue weighted by Gasteiger charge is 2.19. The molecule has 0 spiro atoms. The fourth-order valence-corrected chi connectivity index (χ4v) is 1.56. The Hall–Kier alpha value is -0.0800. The maximum atomic E-state index is 9.45. The minimum Gasteiger partial charge on any atom is -0.393 e. The Morgan fingerprint density at radius 1 is 1.50 bits per heavy atom. The second kappa shape index (κ2) is 3.94. The van der Waals surface area contributed by atoms with Crippen LogP contribution in [0.3, 0.4) is 0 Å². The summed E-state index contributed by atoms with van der Waals surface area (Å²) >= 11 is 0. The van der Waals surface area contributed by atoms with E-state index in [0.717, 1.165) is 32.4 Å². The molecular weight excluding hydrogens is 126 g/mol. The summed E-state index contributed by atoms with van der Waals surface area (Å²) in [6.45, 7) is 4.22. The molecule has 10 heavy (non-hydrogen) atoms. The van der Waals surface area contributed by atoms with E-state index in [2.05, 4.69) is 5.32 Å². The molecule has 0 aromatic carbocycles. The Kier molecular flexibility index (Phi) is 3.16. The van der Waals surface area contributed by atoms with Crippen LogP contribution < -0.4 is 5.32 Å². The van der Waals surface area contributed by atoms with Gasteiger partial charge in [0.2, 0.25) is 0 Å². The van der Waals surface area contributed by atoms with E-state index in [-0.39, 0.29) is 6.10 Å². The average molecular weight is 143 g/mol. The molecule has 1 aliphatic rings. The molecule has 0 radical (unpaired) electrons. The summed E-state index contributed by atoms with van der Waals surface area (Å²) in [4.78, 5) is 0. The topological polar surface area (TPSA) is 32.3 Å². The van der Waals surface area contributed by atoms with Gasteiger partial charge in [-0.25, -0.2) is 0 Å². The number of rotatable bonds is 2. The molecule has 0 unspecified atom stereocenters. The third-order valence-corrected chi connectivity index (χ3v) is 2.35. The van der Waals surface area contributed by atoms with Crippen molar-refractivity contribution >= 4 is 0 Å². The fourth-order valence-electron chi connectivity index (χ4n) is 1.56. The van der Waals surface area contributed by atoms with Gasteiger partial charge < -0.3 is 10.4 Å². The van der Waals surface area contributed by atoms with E-state index < -0.39 is 0 Å². The quantitative estimate of drug-likeness (QED) is 0.598.